The Labute approximate surface area is 109 Å². The van der Waals surface area contributed by atoms with E-state index in [-0.39, 0.29) is 23.0 Å². The van der Waals surface area contributed by atoms with E-state index in [4.69, 9.17) is 0 Å². The lowest BCUT2D eigenvalue weighted by Crippen LogP contribution is -2.47. The molecule has 2 fully saturated rings. The summed E-state index contributed by atoms with van der Waals surface area (Å²) in [6.07, 6.45) is 3.32. The van der Waals surface area contributed by atoms with E-state index in [0.717, 1.165) is 25.8 Å². The average Bonchev–Trinajstić information content (AvgIpc) is 2.47. The van der Waals surface area contributed by atoms with Crippen molar-refractivity contribution >= 4 is 15.7 Å². The highest BCUT2D eigenvalue weighted by molar-refractivity contribution is 7.92. The first kappa shape index (κ1) is 13.8. The molecular formula is C12H22N2O3S. The molecule has 1 N–H and O–H groups in total. The van der Waals surface area contributed by atoms with Crippen LogP contribution < -0.4 is 5.32 Å². The van der Waals surface area contributed by atoms with Crippen LogP contribution in [0.25, 0.3) is 0 Å². The molecule has 2 saturated heterocycles. The number of nitrogens with one attached hydrogen (secondary N) is 1. The van der Waals surface area contributed by atoms with Gasteiger partial charge in [-0.1, -0.05) is 6.42 Å². The van der Waals surface area contributed by atoms with Gasteiger partial charge < -0.3 is 10.2 Å². The molecule has 0 spiro atoms. The van der Waals surface area contributed by atoms with Gasteiger partial charge >= 0.3 is 0 Å². The Morgan fingerprint density at radius 3 is 2.83 bits per heavy atom. The predicted octanol–water partition coefficient (Wildman–Crippen LogP) is 0.164. The van der Waals surface area contributed by atoms with Gasteiger partial charge in [0, 0.05) is 13.1 Å². The third-order valence-electron chi connectivity index (χ3n) is 3.87. The number of sulfone groups is 1. The number of hydrogen-bond donors (Lipinski definition) is 1. The van der Waals surface area contributed by atoms with Crippen molar-refractivity contribution in [1.29, 1.82) is 0 Å². The van der Waals surface area contributed by atoms with Crippen LogP contribution in [0.15, 0.2) is 0 Å². The monoisotopic (exact) mass is 274 g/mol. The van der Waals surface area contributed by atoms with E-state index in [9.17, 15) is 13.2 Å². The molecule has 0 radical (unpaired) electrons. The Morgan fingerprint density at radius 1 is 1.33 bits per heavy atom. The van der Waals surface area contributed by atoms with Gasteiger partial charge in [-0.2, -0.15) is 0 Å². The standard InChI is InChI=1S/C12H22N2O3S/c1-10-12(15)14(7-4-6-13-10)9-11-5-2-3-8-18(11,16)17/h10-11,13H,2-9H2,1H3. The summed E-state index contributed by atoms with van der Waals surface area (Å²) in [7, 11) is -2.99. The third kappa shape index (κ3) is 3.03. The van der Waals surface area contributed by atoms with Crippen molar-refractivity contribution in [2.45, 2.75) is 43.9 Å². The SMILES string of the molecule is CC1NCCCN(CC2CCCCS2(=O)=O)C1=O. The molecule has 0 saturated carbocycles. The zero-order chi connectivity index (χ0) is 13.2. The summed E-state index contributed by atoms with van der Waals surface area (Å²) >= 11 is 0. The highest BCUT2D eigenvalue weighted by atomic mass is 32.2. The van der Waals surface area contributed by atoms with E-state index >= 15 is 0 Å². The van der Waals surface area contributed by atoms with Crippen LogP contribution in [0.4, 0.5) is 0 Å². The van der Waals surface area contributed by atoms with Crippen LogP contribution in [0.2, 0.25) is 0 Å². The van der Waals surface area contributed by atoms with Crippen molar-refractivity contribution in [3.05, 3.63) is 0 Å². The van der Waals surface area contributed by atoms with Gasteiger partial charge in [0.1, 0.15) is 0 Å². The molecular weight excluding hydrogens is 252 g/mol. The summed E-state index contributed by atoms with van der Waals surface area (Å²) in [6, 6.07) is -0.196. The van der Waals surface area contributed by atoms with E-state index in [1.54, 1.807) is 4.90 Å². The highest BCUT2D eigenvalue weighted by Gasteiger charge is 2.33. The fourth-order valence-electron chi connectivity index (χ4n) is 2.71. The van der Waals surface area contributed by atoms with Crippen molar-refractivity contribution in [3.8, 4) is 0 Å². The third-order valence-corrected chi connectivity index (χ3v) is 6.13. The van der Waals surface area contributed by atoms with Gasteiger partial charge in [0.15, 0.2) is 9.84 Å². The maximum atomic E-state index is 12.1. The van der Waals surface area contributed by atoms with Gasteiger partial charge in [-0.25, -0.2) is 8.42 Å². The molecule has 2 aliphatic heterocycles. The number of nitrogens with zero attached hydrogens (tertiary/aromatic N) is 1. The minimum absolute atomic E-state index is 0.0354. The zero-order valence-electron chi connectivity index (χ0n) is 10.9. The van der Waals surface area contributed by atoms with Gasteiger partial charge in [-0.05, 0) is 32.7 Å². The Morgan fingerprint density at radius 2 is 2.11 bits per heavy atom. The molecule has 2 aliphatic rings. The predicted molar refractivity (Wildman–Crippen MR) is 70.1 cm³/mol. The van der Waals surface area contributed by atoms with Crippen LogP contribution in [0.3, 0.4) is 0 Å². The van der Waals surface area contributed by atoms with Crippen molar-refractivity contribution in [2.24, 2.45) is 0 Å². The fourth-order valence-corrected chi connectivity index (χ4v) is 4.59. The highest BCUT2D eigenvalue weighted by Crippen LogP contribution is 2.21. The summed E-state index contributed by atoms with van der Waals surface area (Å²) in [5.74, 6) is 0.321. The molecule has 104 valence electrons. The summed E-state index contributed by atoms with van der Waals surface area (Å²) in [5.41, 5.74) is 0. The minimum atomic E-state index is -2.99. The van der Waals surface area contributed by atoms with Crippen molar-refractivity contribution in [1.82, 2.24) is 10.2 Å². The molecule has 0 bridgehead atoms. The topological polar surface area (TPSA) is 66.5 Å². The fraction of sp³-hybridized carbons (Fsp3) is 0.917. The number of amides is 1. The van der Waals surface area contributed by atoms with Crippen LogP contribution in [0.5, 0.6) is 0 Å². The molecule has 5 nitrogen and oxygen atoms in total. The smallest absolute Gasteiger partial charge is 0.239 e. The number of carbonyl (C=O) groups is 1. The second kappa shape index (κ2) is 5.57. The molecule has 2 unspecified atom stereocenters. The molecule has 0 aromatic carbocycles. The van der Waals surface area contributed by atoms with E-state index in [0.29, 0.717) is 19.5 Å². The molecule has 2 heterocycles. The Balaban J connectivity index is 2.05. The van der Waals surface area contributed by atoms with E-state index in [2.05, 4.69) is 5.32 Å². The first-order valence-electron chi connectivity index (χ1n) is 6.74. The Hall–Kier alpha value is -0.620. The first-order chi connectivity index (χ1) is 8.50. The van der Waals surface area contributed by atoms with E-state index in [1.807, 2.05) is 6.92 Å². The first-order valence-corrected chi connectivity index (χ1v) is 8.46. The van der Waals surface area contributed by atoms with Crippen LogP contribution in [-0.4, -0.2) is 55.9 Å². The summed E-state index contributed by atoms with van der Waals surface area (Å²) in [4.78, 5) is 13.8. The number of rotatable bonds is 2. The largest absolute Gasteiger partial charge is 0.340 e. The molecule has 18 heavy (non-hydrogen) atoms. The number of hydrogen-bond acceptors (Lipinski definition) is 4. The summed E-state index contributed by atoms with van der Waals surface area (Å²) in [5, 5.41) is 2.79. The maximum absolute atomic E-state index is 12.1. The lowest BCUT2D eigenvalue weighted by atomic mass is 10.1. The summed E-state index contributed by atoms with van der Waals surface area (Å²) in [6.45, 7) is 3.71. The maximum Gasteiger partial charge on any atom is 0.239 e. The Kier molecular flexibility index (Phi) is 4.27. The lowest BCUT2D eigenvalue weighted by Gasteiger charge is -2.29. The van der Waals surface area contributed by atoms with E-state index in [1.165, 1.54) is 0 Å². The van der Waals surface area contributed by atoms with Crippen molar-refractivity contribution < 1.29 is 13.2 Å². The van der Waals surface area contributed by atoms with Crippen LogP contribution in [-0.2, 0) is 14.6 Å². The second-order valence-electron chi connectivity index (χ2n) is 5.30. The number of carbonyl (C=O) groups excluding carboxylic acids is 1. The summed E-state index contributed by atoms with van der Waals surface area (Å²) < 4.78 is 24.0. The van der Waals surface area contributed by atoms with Gasteiger partial charge in [0.05, 0.1) is 17.0 Å². The minimum Gasteiger partial charge on any atom is -0.340 e. The van der Waals surface area contributed by atoms with E-state index < -0.39 is 9.84 Å². The molecule has 0 aromatic heterocycles. The van der Waals surface area contributed by atoms with Gasteiger partial charge in [0.25, 0.3) is 0 Å². The van der Waals surface area contributed by atoms with Crippen molar-refractivity contribution in [2.75, 3.05) is 25.4 Å². The normalized spacial score (nSPS) is 33.2. The molecule has 0 aromatic rings. The molecule has 6 heteroatoms. The van der Waals surface area contributed by atoms with Crippen LogP contribution >= 0.6 is 0 Å². The average molecular weight is 274 g/mol. The lowest BCUT2D eigenvalue weighted by molar-refractivity contribution is -0.132. The molecule has 1 amide bonds. The molecule has 2 rings (SSSR count). The molecule has 2 atom stereocenters. The zero-order valence-corrected chi connectivity index (χ0v) is 11.7. The van der Waals surface area contributed by atoms with Crippen molar-refractivity contribution in [3.63, 3.8) is 0 Å². The van der Waals surface area contributed by atoms with Gasteiger partial charge in [-0.3, -0.25) is 4.79 Å². The van der Waals surface area contributed by atoms with Crippen LogP contribution in [0.1, 0.15) is 32.6 Å². The molecule has 0 aliphatic carbocycles. The van der Waals surface area contributed by atoms with Crippen LogP contribution in [0, 0.1) is 0 Å². The Bertz CT molecular complexity index is 408. The second-order valence-corrected chi connectivity index (χ2v) is 7.70. The quantitative estimate of drug-likeness (QED) is 0.779. The van der Waals surface area contributed by atoms with Gasteiger partial charge in [0.2, 0.25) is 5.91 Å². The van der Waals surface area contributed by atoms with Gasteiger partial charge in [-0.15, -0.1) is 0 Å².